The number of nitrogens with zero attached hydrogens (tertiary/aromatic N) is 1. The lowest BCUT2D eigenvalue weighted by molar-refractivity contribution is -0.137. The normalized spacial score (nSPS) is 15.3. The molecular formula is C14H12F3NO. The Morgan fingerprint density at radius 2 is 1.68 bits per heavy atom. The van der Waals surface area contributed by atoms with E-state index in [2.05, 4.69) is 4.98 Å². The zero-order valence-corrected chi connectivity index (χ0v) is 10.1. The molecule has 0 saturated carbocycles. The molecule has 1 heterocycles. The molecule has 0 amide bonds. The highest BCUT2D eigenvalue weighted by atomic mass is 19.4. The lowest BCUT2D eigenvalue weighted by Gasteiger charge is -2.06. The Balaban J connectivity index is 1.92. The molecule has 0 bridgehead atoms. The van der Waals surface area contributed by atoms with Crippen LogP contribution in [-0.2, 0) is 19.0 Å². The van der Waals surface area contributed by atoms with Crippen molar-refractivity contribution < 1.29 is 17.6 Å². The standard InChI is InChI=1S/C14H12F3NO/c15-14(16,17)10-7-5-9(6-8-10)13-18-11-3-1-2-4-12(11)19-13/h5-8H,1-4H2. The highest BCUT2D eigenvalue weighted by Crippen LogP contribution is 2.32. The molecule has 0 aliphatic heterocycles. The maximum atomic E-state index is 12.5. The van der Waals surface area contributed by atoms with Crippen LogP contribution >= 0.6 is 0 Å². The Morgan fingerprint density at radius 1 is 1.00 bits per heavy atom. The molecule has 0 unspecified atom stereocenters. The third-order valence-electron chi connectivity index (χ3n) is 3.30. The zero-order valence-electron chi connectivity index (χ0n) is 10.1. The van der Waals surface area contributed by atoms with Crippen LogP contribution in [0.1, 0.15) is 29.9 Å². The van der Waals surface area contributed by atoms with Crippen molar-refractivity contribution in [3.05, 3.63) is 41.3 Å². The highest BCUT2D eigenvalue weighted by molar-refractivity contribution is 5.54. The lowest BCUT2D eigenvalue weighted by atomic mass is 10.0. The fourth-order valence-corrected chi connectivity index (χ4v) is 2.28. The Hall–Kier alpha value is -1.78. The molecule has 3 rings (SSSR count). The quantitative estimate of drug-likeness (QED) is 0.772. The monoisotopic (exact) mass is 267 g/mol. The molecule has 1 aromatic carbocycles. The number of hydrogen-bond acceptors (Lipinski definition) is 2. The summed E-state index contributed by atoms with van der Waals surface area (Å²) in [5.74, 6) is 1.29. The summed E-state index contributed by atoms with van der Waals surface area (Å²) in [7, 11) is 0. The maximum absolute atomic E-state index is 12.5. The molecule has 0 saturated heterocycles. The van der Waals surface area contributed by atoms with Crippen molar-refractivity contribution in [3.63, 3.8) is 0 Å². The number of fused-ring (bicyclic) bond motifs is 1. The summed E-state index contributed by atoms with van der Waals surface area (Å²) < 4.78 is 43.0. The van der Waals surface area contributed by atoms with E-state index in [-0.39, 0.29) is 0 Å². The smallest absolute Gasteiger partial charge is 0.416 e. The second-order valence-electron chi connectivity index (χ2n) is 4.67. The fourth-order valence-electron chi connectivity index (χ4n) is 2.28. The largest absolute Gasteiger partial charge is 0.441 e. The van der Waals surface area contributed by atoms with Crippen LogP contribution in [0.2, 0.25) is 0 Å². The molecule has 0 N–H and O–H groups in total. The third-order valence-corrected chi connectivity index (χ3v) is 3.30. The number of benzene rings is 1. The second-order valence-corrected chi connectivity index (χ2v) is 4.67. The molecular weight excluding hydrogens is 255 g/mol. The van der Waals surface area contributed by atoms with Gasteiger partial charge in [-0.3, -0.25) is 0 Å². The summed E-state index contributed by atoms with van der Waals surface area (Å²) in [5.41, 5.74) is 0.871. The van der Waals surface area contributed by atoms with E-state index in [1.165, 1.54) is 12.1 Å². The molecule has 100 valence electrons. The minimum atomic E-state index is -4.31. The molecule has 0 radical (unpaired) electrons. The van der Waals surface area contributed by atoms with Gasteiger partial charge in [-0.15, -0.1) is 0 Å². The molecule has 0 atom stereocenters. The fraction of sp³-hybridized carbons (Fsp3) is 0.357. The molecule has 1 aliphatic rings. The molecule has 1 aromatic heterocycles. The lowest BCUT2D eigenvalue weighted by Crippen LogP contribution is -2.03. The Kier molecular flexibility index (Phi) is 2.84. The maximum Gasteiger partial charge on any atom is 0.416 e. The Morgan fingerprint density at radius 3 is 2.32 bits per heavy atom. The van der Waals surface area contributed by atoms with Crippen LogP contribution in [-0.4, -0.2) is 4.98 Å². The van der Waals surface area contributed by atoms with E-state index in [9.17, 15) is 13.2 Å². The van der Waals surface area contributed by atoms with Gasteiger partial charge in [-0.25, -0.2) is 4.98 Å². The first kappa shape index (κ1) is 12.3. The number of hydrogen-bond donors (Lipinski definition) is 0. The van der Waals surface area contributed by atoms with Crippen molar-refractivity contribution in [1.82, 2.24) is 4.98 Å². The first-order chi connectivity index (χ1) is 9.04. The number of oxazole rings is 1. The van der Waals surface area contributed by atoms with Crippen LogP contribution in [0.25, 0.3) is 11.5 Å². The molecule has 1 aliphatic carbocycles. The number of halogens is 3. The van der Waals surface area contributed by atoms with Gasteiger partial charge in [0.25, 0.3) is 0 Å². The van der Waals surface area contributed by atoms with Gasteiger partial charge in [-0.2, -0.15) is 13.2 Å². The number of aromatic nitrogens is 1. The number of rotatable bonds is 1. The van der Waals surface area contributed by atoms with Crippen molar-refractivity contribution in [2.45, 2.75) is 31.9 Å². The average molecular weight is 267 g/mol. The van der Waals surface area contributed by atoms with E-state index in [1.807, 2.05) is 0 Å². The van der Waals surface area contributed by atoms with Gasteiger partial charge >= 0.3 is 6.18 Å². The van der Waals surface area contributed by atoms with Crippen molar-refractivity contribution in [1.29, 1.82) is 0 Å². The van der Waals surface area contributed by atoms with Crippen LogP contribution in [0.3, 0.4) is 0 Å². The summed E-state index contributed by atoms with van der Waals surface area (Å²) in [4.78, 5) is 4.36. The summed E-state index contributed by atoms with van der Waals surface area (Å²) in [6, 6.07) is 4.91. The van der Waals surface area contributed by atoms with Gasteiger partial charge < -0.3 is 4.42 Å². The van der Waals surface area contributed by atoms with Gasteiger partial charge in [-0.1, -0.05) is 0 Å². The summed E-state index contributed by atoms with van der Waals surface area (Å²) in [6.45, 7) is 0. The minimum Gasteiger partial charge on any atom is -0.441 e. The first-order valence-corrected chi connectivity index (χ1v) is 6.20. The number of aryl methyl sites for hydroxylation is 2. The summed E-state index contributed by atoms with van der Waals surface area (Å²) >= 11 is 0. The van der Waals surface area contributed by atoms with E-state index in [1.54, 1.807) is 0 Å². The minimum absolute atomic E-state index is 0.417. The van der Waals surface area contributed by atoms with E-state index < -0.39 is 11.7 Å². The van der Waals surface area contributed by atoms with E-state index in [0.29, 0.717) is 11.5 Å². The number of alkyl halides is 3. The predicted molar refractivity (Wildman–Crippen MR) is 63.6 cm³/mol. The molecule has 2 nitrogen and oxygen atoms in total. The van der Waals surface area contributed by atoms with Gasteiger partial charge in [0.1, 0.15) is 5.76 Å². The molecule has 5 heteroatoms. The van der Waals surface area contributed by atoms with Crippen LogP contribution in [0.4, 0.5) is 13.2 Å². The molecule has 19 heavy (non-hydrogen) atoms. The Labute approximate surface area is 108 Å². The van der Waals surface area contributed by atoms with Gasteiger partial charge in [0.15, 0.2) is 0 Å². The summed E-state index contributed by atoms with van der Waals surface area (Å²) in [6.07, 6.45) is -0.391. The average Bonchev–Trinajstić information content (AvgIpc) is 2.81. The third kappa shape index (κ3) is 2.37. The van der Waals surface area contributed by atoms with Gasteiger partial charge in [-0.05, 0) is 43.5 Å². The topological polar surface area (TPSA) is 26.0 Å². The second kappa shape index (κ2) is 4.40. The van der Waals surface area contributed by atoms with Crippen LogP contribution in [0.5, 0.6) is 0 Å². The van der Waals surface area contributed by atoms with E-state index >= 15 is 0 Å². The van der Waals surface area contributed by atoms with Crippen molar-refractivity contribution in [2.24, 2.45) is 0 Å². The highest BCUT2D eigenvalue weighted by Gasteiger charge is 2.30. The SMILES string of the molecule is FC(F)(F)c1ccc(-c2nc3c(o2)CCCC3)cc1. The van der Waals surface area contributed by atoms with Gasteiger partial charge in [0.05, 0.1) is 11.3 Å². The van der Waals surface area contributed by atoms with E-state index in [4.69, 9.17) is 4.42 Å². The van der Waals surface area contributed by atoms with Crippen LogP contribution in [0, 0.1) is 0 Å². The summed E-state index contributed by atoms with van der Waals surface area (Å²) in [5, 5.41) is 0. The van der Waals surface area contributed by atoms with Crippen LogP contribution < -0.4 is 0 Å². The van der Waals surface area contributed by atoms with E-state index in [0.717, 1.165) is 49.3 Å². The molecule has 0 fully saturated rings. The van der Waals surface area contributed by atoms with Gasteiger partial charge in [0, 0.05) is 12.0 Å². The Bertz CT molecular complexity index is 560. The van der Waals surface area contributed by atoms with Crippen LogP contribution in [0.15, 0.2) is 28.7 Å². The predicted octanol–water partition coefficient (Wildman–Crippen LogP) is 4.24. The van der Waals surface area contributed by atoms with Crippen molar-refractivity contribution in [2.75, 3.05) is 0 Å². The van der Waals surface area contributed by atoms with Crippen molar-refractivity contribution in [3.8, 4) is 11.5 Å². The zero-order chi connectivity index (χ0) is 13.5. The van der Waals surface area contributed by atoms with Gasteiger partial charge in [0.2, 0.25) is 5.89 Å². The molecule has 0 spiro atoms. The van der Waals surface area contributed by atoms with Crippen molar-refractivity contribution >= 4 is 0 Å². The first-order valence-electron chi connectivity index (χ1n) is 6.20. The molecule has 2 aromatic rings.